The summed E-state index contributed by atoms with van der Waals surface area (Å²) in [4.78, 5) is 9.49. The Kier molecular flexibility index (Phi) is 3.08. The van der Waals surface area contributed by atoms with Gasteiger partial charge in [0.1, 0.15) is 0 Å². The molecule has 2 aromatic rings. The highest BCUT2D eigenvalue weighted by Crippen LogP contribution is 2.10. The van der Waals surface area contributed by atoms with Crippen molar-refractivity contribution in [2.45, 2.75) is 26.9 Å². The standard InChI is InChI=1S/C9H12N4OS/c1-6-12-9(13-14-6)5-10-3-8-4-11-7(2)15-8/h4,10H,3,5H2,1-2H3. The predicted octanol–water partition coefficient (Wildman–Crippen LogP) is 1.43. The SMILES string of the molecule is Cc1nc(CNCc2cnc(C)s2)no1. The van der Waals surface area contributed by atoms with Crippen molar-refractivity contribution in [1.82, 2.24) is 20.4 Å². The van der Waals surface area contributed by atoms with E-state index < -0.39 is 0 Å². The van der Waals surface area contributed by atoms with Gasteiger partial charge in [-0.3, -0.25) is 0 Å². The molecule has 0 radical (unpaired) electrons. The minimum Gasteiger partial charge on any atom is -0.340 e. The zero-order valence-corrected chi connectivity index (χ0v) is 9.47. The monoisotopic (exact) mass is 224 g/mol. The number of aromatic nitrogens is 3. The van der Waals surface area contributed by atoms with Gasteiger partial charge in [-0.1, -0.05) is 5.16 Å². The summed E-state index contributed by atoms with van der Waals surface area (Å²) >= 11 is 1.69. The molecule has 2 rings (SSSR count). The minimum absolute atomic E-state index is 0.598. The number of nitrogens with one attached hydrogen (secondary N) is 1. The van der Waals surface area contributed by atoms with E-state index in [-0.39, 0.29) is 0 Å². The quantitative estimate of drug-likeness (QED) is 0.851. The van der Waals surface area contributed by atoms with Gasteiger partial charge in [-0.05, 0) is 6.92 Å². The van der Waals surface area contributed by atoms with E-state index >= 15 is 0 Å². The first-order chi connectivity index (χ1) is 7.24. The van der Waals surface area contributed by atoms with Gasteiger partial charge in [-0.2, -0.15) is 4.98 Å². The molecule has 80 valence electrons. The molecule has 1 N–H and O–H groups in total. The lowest BCUT2D eigenvalue weighted by Crippen LogP contribution is -2.12. The second kappa shape index (κ2) is 4.50. The summed E-state index contributed by atoms with van der Waals surface area (Å²) in [5, 5.41) is 8.11. The van der Waals surface area contributed by atoms with E-state index in [2.05, 4.69) is 20.4 Å². The first-order valence-corrected chi connectivity index (χ1v) is 5.47. The van der Waals surface area contributed by atoms with Crippen LogP contribution >= 0.6 is 11.3 Å². The molecule has 0 unspecified atom stereocenters. The smallest absolute Gasteiger partial charge is 0.223 e. The van der Waals surface area contributed by atoms with E-state index in [9.17, 15) is 0 Å². The summed E-state index contributed by atoms with van der Waals surface area (Å²) in [6.07, 6.45) is 1.88. The first-order valence-electron chi connectivity index (χ1n) is 4.65. The van der Waals surface area contributed by atoms with Crippen LogP contribution in [0.1, 0.15) is 21.6 Å². The number of hydrogen-bond donors (Lipinski definition) is 1. The van der Waals surface area contributed by atoms with Crippen LogP contribution in [0.15, 0.2) is 10.7 Å². The third kappa shape index (κ3) is 2.84. The lowest BCUT2D eigenvalue weighted by molar-refractivity contribution is 0.385. The summed E-state index contributed by atoms with van der Waals surface area (Å²) in [6, 6.07) is 0. The van der Waals surface area contributed by atoms with Crippen molar-refractivity contribution in [3.8, 4) is 0 Å². The highest BCUT2D eigenvalue weighted by atomic mass is 32.1. The van der Waals surface area contributed by atoms with Crippen LogP contribution < -0.4 is 5.32 Å². The average Bonchev–Trinajstić information content (AvgIpc) is 2.76. The molecule has 0 aliphatic carbocycles. The molecular formula is C9H12N4OS. The topological polar surface area (TPSA) is 63.8 Å². The van der Waals surface area contributed by atoms with Crippen LogP contribution in [0.3, 0.4) is 0 Å². The Morgan fingerprint density at radius 3 is 2.87 bits per heavy atom. The number of thiazole rings is 1. The molecule has 0 fully saturated rings. The molecule has 0 saturated carbocycles. The second-order valence-corrected chi connectivity index (χ2v) is 4.50. The molecule has 0 spiro atoms. The zero-order chi connectivity index (χ0) is 10.7. The Bertz CT molecular complexity index is 397. The molecule has 0 amide bonds. The van der Waals surface area contributed by atoms with Crippen molar-refractivity contribution in [2.75, 3.05) is 0 Å². The van der Waals surface area contributed by atoms with Crippen LogP contribution in [0.25, 0.3) is 0 Å². The summed E-state index contributed by atoms with van der Waals surface area (Å²) in [5.41, 5.74) is 0. The molecule has 0 atom stereocenters. The molecule has 6 heteroatoms. The Morgan fingerprint density at radius 1 is 1.40 bits per heavy atom. The van der Waals surface area contributed by atoms with E-state index in [4.69, 9.17) is 4.52 Å². The normalized spacial score (nSPS) is 10.8. The first kappa shape index (κ1) is 10.3. The molecule has 0 aliphatic rings. The molecular weight excluding hydrogens is 212 g/mol. The number of rotatable bonds is 4. The molecule has 0 bridgehead atoms. The Labute approximate surface area is 91.5 Å². The summed E-state index contributed by atoms with van der Waals surface area (Å²) in [6.45, 7) is 5.19. The second-order valence-electron chi connectivity index (χ2n) is 3.18. The Morgan fingerprint density at radius 2 is 2.27 bits per heavy atom. The van der Waals surface area contributed by atoms with Crippen molar-refractivity contribution in [2.24, 2.45) is 0 Å². The van der Waals surface area contributed by atoms with Crippen LogP contribution in [-0.4, -0.2) is 15.1 Å². The van der Waals surface area contributed by atoms with E-state index in [0.717, 1.165) is 11.6 Å². The van der Waals surface area contributed by atoms with Gasteiger partial charge >= 0.3 is 0 Å². The lowest BCUT2D eigenvalue weighted by Gasteiger charge is -1.96. The fourth-order valence-corrected chi connectivity index (χ4v) is 1.96. The van der Waals surface area contributed by atoms with Gasteiger partial charge in [-0.25, -0.2) is 4.98 Å². The summed E-state index contributed by atoms with van der Waals surface area (Å²) in [7, 11) is 0. The molecule has 0 saturated heterocycles. The molecule has 2 aromatic heterocycles. The highest BCUT2D eigenvalue weighted by molar-refractivity contribution is 7.11. The Balaban J connectivity index is 1.80. The summed E-state index contributed by atoms with van der Waals surface area (Å²) < 4.78 is 4.86. The van der Waals surface area contributed by atoms with Gasteiger partial charge in [0, 0.05) is 24.5 Å². The molecule has 5 nitrogen and oxygen atoms in total. The fraction of sp³-hybridized carbons (Fsp3) is 0.444. The maximum Gasteiger partial charge on any atom is 0.223 e. The largest absolute Gasteiger partial charge is 0.340 e. The zero-order valence-electron chi connectivity index (χ0n) is 8.65. The molecule has 0 aliphatic heterocycles. The van der Waals surface area contributed by atoms with Crippen LogP contribution in [-0.2, 0) is 13.1 Å². The minimum atomic E-state index is 0.598. The van der Waals surface area contributed by atoms with E-state index in [1.165, 1.54) is 4.88 Å². The van der Waals surface area contributed by atoms with Crippen LogP contribution in [0.2, 0.25) is 0 Å². The summed E-state index contributed by atoms with van der Waals surface area (Å²) in [5.74, 6) is 1.29. The van der Waals surface area contributed by atoms with Gasteiger partial charge in [-0.15, -0.1) is 11.3 Å². The van der Waals surface area contributed by atoms with Crippen LogP contribution in [0.5, 0.6) is 0 Å². The van der Waals surface area contributed by atoms with Crippen molar-refractivity contribution < 1.29 is 4.52 Å². The maximum absolute atomic E-state index is 4.86. The average molecular weight is 224 g/mol. The number of nitrogens with zero attached hydrogens (tertiary/aromatic N) is 3. The van der Waals surface area contributed by atoms with Gasteiger partial charge in [0.2, 0.25) is 5.89 Å². The van der Waals surface area contributed by atoms with Crippen molar-refractivity contribution in [1.29, 1.82) is 0 Å². The fourth-order valence-electron chi connectivity index (χ4n) is 1.20. The maximum atomic E-state index is 4.86. The van der Waals surface area contributed by atoms with Gasteiger partial charge in [0.05, 0.1) is 11.6 Å². The molecule has 15 heavy (non-hydrogen) atoms. The van der Waals surface area contributed by atoms with Gasteiger partial charge in [0.25, 0.3) is 0 Å². The van der Waals surface area contributed by atoms with E-state index in [0.29, 0.717) is 18.3 Å². The Hall–Kier alpha value is -1.27. The third-order valence-corrected chi connectivity index (χ3v) is 2.73. The predicted molar refractivity (Wildman–Crippen MR) is 56.4 cm³/mol. The lowest BCUT2D eigenvalue weighted by atomic mass is 10.5. The van der Waals surface area contributed by atoms with Crippen LogP contribution in [0, 0.1) is 13.8 Å². The molecule has 0 aromatic carbocycles. The van der Waals surface area contributed by atoms with Crippen molar-refractivity contribution in [3.05, 3.63) is 27.8 Å². The highest BCUT2D eigenvalue weighted by Gasteiger charge is 2.02. The van der Waals surface area contributed by atoms with E-state index in [1.807, 2.05) is 13.1 Å². The van der Waals surface area contributed by atoms with Crippen LogP contribution in [0.4, 0.5) is 0 Å². The third-order valence-electron chi connectivity index (χ3n) is 1.82. The van der Waals surface area contributed by atoms with Crippen molar-refractivity contribution in [3.63, 3.8) is 0 Å². The number of hydrogen-bond acceptors (Lipinski definition) is 6. The van der Waals surface area contributed by atoms with Gasteiger partial charge < -0.3 is 9.84 Å². The van der Waals surface area contributed by atoms with E-state index in [1.54, 1.807) is 18.3 Å². The van der Waals surface area contributed by atoms with Gasteiger partial charge in [0.15, 0.2) is 5.82 Å². The molecule has 2 heterocycles. The van der Waals surface area contributed by atoms with Crippen molar-refractivity contribution >= 4 is 11.3 Å². The number of aryl methyl sites for hydroxylation is 2.